The molecule has 0 fully saturated rings. The van der Waals surface area contributed by atoms with E-state index in [2.05, 4.69) is 15.6 Å². The number of hydrogen-bond donors (Lipinski definition) is 3. The van der Waals surface area contributed by atoms with Crippen LogP contribution in [0.3, 0.4) is 0 Å². The summed E-state index contributed by atoms with van der Waals surface area (Å²) in [5, 5.41) is 5.82. The molecule has 0 aliphatic heterocycles. The molecule has 0 aromatic heterocycles. The van der Waals surface area contributed by atoms with Gasteiger partial charge in [0.1, 0.15) is 6.04 Å². The van der Waals surface area contributed by atoms with Gasteiger partial charge in [-0.1, -0.05) is 66.7 Å². The Kier molecular flexibility index (Phi) is 9.24. The number of rotatable bonds is 10. The highest BCUT2D eigenvalue weighted by Crippen LogP contribution is 2.27. The molecule has 3 aromatic rings. The van der Waals surface area contributed by atoms with Crippen molar-refractivity contribution in [3.05, 3.63) is 95.6 Å². The lowest BCUT2D eigenvalue weighted by atomic mass is 10.1. The van der Waals surface area contributed by atoms with Crippen LogP contribution in [0.4, 0.5) is 0 Å². The van der Waals surface area contributed by atoms with Crippen molar-refractivity contribution in [2.45, 2.75) is 25.4 Å². The molecule has 0 saturated carbocycles. The van der Waals surface area contributed by atoms with E-state index < -0.39 is 11.9 Å². The van der Waals surface area contributed by atoms with Gasteiger partial charge in [0.05, 0.1) is 20.6 Å². The average Bonchev–Trinajstić information content (AvgIpc) is 2.87. The first-order valence-electron chi connectivity index (χ1n) is 11.2. The molecule has 0 saturated heterocycles. The molecular formula is C27H30N4O4. The number of aliphatic imine (C=N–C) groups is 1. The monoisotopic (exact) mass is 474 g/mol. The summed E-state index contributed by atoms with van der Waals surface area (Å²) in [7, 11) is 3.12. The topological polar surface area (TPSA) is 115 Å². The second-order valence-electron chi connectivity index (χ2n) is 7.85. The maximum Gasteiger partial charge on any atom is 0.253 e. The molecule has 0 unspecified atom stereocenters. The maximum atomic E-state index is 13.1. The second kappa shape index (κ2) is 12.8. The molecule has 0 heterocycles. The summed E-state index contributed by atoms with van der Waals surface area (Å²) < 4.78 is 10.6. The molecule has 4 N–H and O–H groups in total. The van der Waals surface area contributed by atoms with E-state index in [1.807, 2.05) is 66.7 Å². The fourth-order valence-electron chi connectivity index (χ4n) is 3.52. The van der Waals surface area contributed by atoms with Crippen LogP contribution in [0, 0.1) is 0 Å². The van der Waals surface area contributed by atoms with Crippen molar-refractivity contribution < 1.29 is 19.1 Å². The second-order valence-corrected chi connectivity index (χ2v) is 7.85. The zero-order valence-corrected chi connectivity index (χ0v) is 19.9. The Morgan fingerprint density at radius 1 is 0.857 bits per heavy atom. The molecule has 182 valence electrons. The van der Waals surface area contributed by atoms with Gasteiger partial charge in [0.25, 0.3) is 5.91 Å². The fourth-order valence-corrected chi connectivity index (χ4v) is 3.52. The zero-order chi connectivity index (χ0) is 25.0. The number of ether oxygens (including phenoxy) is 2. The standard InChI is InChI=1S/C27H30N4O4/c1-34-23-14-13-21(16-24(23)35-2)18-29-26(33)22(15-19-9-5-3-6-10-19)30-27(28)31-25(32)17-20-11-7-4-8-12-20/h3-14,16,22H,15,17-18H2,1-2H3,(H,29,33)(H3,28,30,31,32)/t22-/m1/s1. The predicted octanol–water partition coefficient (Wildman–Crippen LogP) is 2.60. The lowest BCUT2D eigenvalue weighted by molar-refractivity contribution is -0.123. The highest BCUT2D eigenvalue weighted by Gasteiger charge is 2.20. The molecular weight excluding hydrogens is 444 g/mol. The van der Waals surface area contributed by atoms with E-state index >= 15 is 0 Å². The van der Waals surface area contributed by atoms with Gasteiger partial charge >= 0.3 is 0 Å². The summed E-state index contributed by atoms with van der Waals surface area (Å²) in [6, 6.07) is 23.5. The molecule has 3 aromatic carbocycles. The van der Waals surface area contributed by atoms with Crippen LogP contribution in [0.5, 0.6) is 11.5 Å². The van der Waals surface area contributed by atoms with Crippen LogP contribution in [-0.4, -0.2) is 38.0 Å². The number of guanidine groups is 1. The minimum atomic E-state index is -0.731. The Hall–Kier alpha value is -4.33. The Labute approximate surface area is 205 Å². The third-order valence-electron chi connectivity index (χ3n) is 5.28. The van der Waals surface area contributed by atoms with Gasteiger partial charge in [0, 0.05) is 13.0 Å². The third-order valence-corrected chi connectivity index (χ3v) is 5.28. The smallest absolute Gasteiger partial charge is 0.253 e. The zero-order valence-electron chi connectivity index (χ0n) is 19.9. The van der Waals surface area contributed by atoms with Gasteiger partial charge in [-0.15, -0.1) is 0 Å². The quantitative estimate of drug-likeness (QED) is 0.307. The van der Waals surface area contributed by atoms with E-state index in [-0.39, 0.29) is 24.8 Å². The summed E-state index contributed by atoms with van der Waals surface area (Å²) >= 11 is 0. The summed E-state index contributed by atoms with van der Waals surface area (Å²) in [6.45, 7) is 0.274. The molecule has 0 aliphatic rings. The summed E-state index contributed by atoms with van der Waals surface area (Å²) in [5.41, 5.74) is 8.62. The van der Waals surface area contributed by atoms with Crippen molar-refractivity contribution in [2.75, 3.05) is 14.2 Å². The van der Waals surface area contributed by atoms with Crippen LogP contribution in [0.25, 0.3) is 0 Å². The van der Waals surface area contributed by atoms with Gasteiger partial charge in [-0.25, -0.2) is 0 Å². The van der Waals surface area contributed by atoms with Gasteiger partial charge in [0.2, 0.25) is 5.91 Å². The Bertz CT molecular complexity index is 1150. The number of carbonyl (C=O) groups is 2. The number of benzene rings is 3. The van der Waals surface area contributed by atoms with Crippen LogP contribution < -0.4 is 25.8 Å². The van der Waals surface area contributed by atoms with E-state index in [0.29, 0.717) is 17.9 Å². The highest BCUT2D eigenvalue weighted by atomic mass is 16.5. The third kappa shape index (κ3) is 7.89. The van der Waals surface area contributed by atoms with Gasteiger partial charge in [-0.05, 0) is 28.8 Å². The normalized spacial score (nSPS) is 11.9. The van der Waals surface area contributed by atoms with E-state index in [4.69, 9.17) is 15.2 Å². The fraction of sp³-hybridized carbons (Fsp3) is 0.222. The Morgan fingerprint density at radius 2 is 1.49 bits per heavy atom. The largest absolute Gasteiger partial charge is 0.493 e. The number of nitrogens with zero attached hydrogens (tertiary/aromatic N) is 1. The van der Waals surface area contributed by atoms with Gasteiger partial charge in [-0.2, -0.15) is 4.99 Å². The van der Waals surface area contributed by atoms with Gasteiger partial charge in [0.15, 0.2) is 17.5 Å². The Morgan fingerprint density at radius 3 is 2.11 bits per heavy atom. The molecule has 0 spiro atoms. The molecule has 2 amide bonds. The summed E-state index contributed by atoms with van der Waals surface area (Å²) in [4.78, 5) is 29.3. The van der Waals surface area contributed by atoms with Crippen molar-refractivity contribution >= 4 is 17.8 Å². The van der Waals surface area contributed by atoms with E-state index in [1.54, 1.807) is 26.4 Å². The number of carbonyl (C=O) groups excluding carboxylic acids is 2. The summed E-state index contributed by atoms with van der Waals surface area (Å²) in [5.74, 6) is 0.401. The van der Waals surface area contributed by atoms with Crippen molar-refractivity contribution in [3.8, 4) is 11.5 Å². The molecule has 8 nitrogen and oxygen atoms in total. The highest BCUT2D eigenvalue weighted by molar-refractivity contribution is 5.95. The van der Waals surface area contributed by atoms with Crippen LogP contribution in [0.2, 0.25) is 0 Å². The summed E-state index contributed by atoms with van der Waals surface area (Å²) in [6.07, 6.45) is 0.486. The molecule has 0 radical (unpaired) electrons. The van der Waals surface area contributed by atoms with Crippen LogP contribution in [-0.2, 0) is 29.0 Å². The van der Waals surface area contributed by atoms with Crippen molar-refractivity contribution in [1.29, 1.82) is 0 Å². The van der Waals surface area contributed by atoms with E-state index in [1.165, 1.54) is 0 Å². The molecule has 1 atom stereocenters. The SMILES string of the molecule is COc1ccc(CNC(=O)[C@@H](Cc2ccccc2)NC(N)=NC(=O)Cc2ccccc2)cc1OC. The molecule has 0 aliphatic carbocycles. The van der Waals surface area contributed by atoms with E-state index in [0.717, 1.165) is 16.7 Å². The van der Waals surface area contributed by atoms with Crippen LogP contribution >= 0.6 is 0 Å². The minimum Gasteiger partial charge on any atom is -0.493 e. The number of hydrogen-bond acceptors (Lipinski definition) is 4. The number of amides is 2. The minimum absolute atomic E-state index is 0.104. The molecule has 0 bridgehead atoms. The van der Waals surface area contributed by atoms with Gasteiger partial charge in [-0.3, -0.25) is 9.59 Å². The first-order valence-corrected chi connectivity index (χ1v) is 11.2. The average molecular weight is 475 g/mol. The molecule has 35 heavy (non-hydrogen) atoms. The number of nitrogens with one attached hydrogen (secondary N) is 2. The molecule has 8 heteroatoms. The lowest BCUT2D eigenvalue weighted by Crippen LogP contribution is -2.50. The van der Waals surface area contributed by atoms with Crippen molar-refractivity contribution in [2.24, 2.45) is 10.7 Å². The number of methoxy groups -OCH3 is 2. The Balaban J connectivity index is 1.68. The van der Waals surface area contributed by atoms with Crippen LogP contribution in [0.15, 0.2) is 83.9 Å². The van der Waals surface area contributed by atoms with Gasteiger partial charge < -0.3 is 25.8 Å². The first kappa shape index (κ1) is 25.3. The molecule has 3 rings (SSSR count). The predicted molar refractivity (Wildman–Crippen MR) is 135 cm³/mol. The lowest BCUT2D eigenvalue weighted by Gasteiger charge is -2.19. The van der Waals surface area contributed by atoms with Crippen molar-refractivity contribution in [1.82, 2.24) is 10.6 Å². The van der Waals surface area contributed by atoms with Crippen molar-refractivity contribution in [3.63, 3.8) is 0 Å². The van der Waals surface area contributed by atoms with Crippen LogP contribution in [0.1, 0.15) is 16.7 Å². The van der Waals surface area contributed by atoms with E-state index in [9.17, 15) is 9.59 Å². The maximum absolute atomic E-state index is 13.1. The first-order chi connectivity index (χ1) is 17.0. The number of nitrogens with two attached hydrogens (primary N) is 1.